The fraction of sp³-hybridized carbons (Fsp3) is 0.364. The molecule has 0 spiro atoms. The minimum Gasteiger partial charge on any atom is -0.497 e. The highest BCUT2D eigenvalue weighted by Crippen LogP contribution is 2.26. The van der Waals surface area contributed by atoms with E-state index in [1.54, 1.807) is 18.9 Å². The molecule has 5 heteroatoms. The van der Waals surface area contributed by atoms with Gasteiger partial charge in [0.05, 0.1) is 20.6 Å². The molecular weight excluding hydrogens is 360 g/mol. The average molecular weight is 387 g/mol. The first-order chi connectivity index (χ1) is 12.9. The fourth-order valence-electron chi connectivity index (χ4n) is 2.63. The summed E-state index contributed by atoms with van der Waals surface area (Å²) in [5.41, 5.74) is 4.06. The maximum absolute atomic E-state index is 12.7. The van der Waals surface area contributed by atoms with E-state index in [2.05, 4.69) is 0 Å². The summed E-state index contributed by atoms with van der Waals surface area (Å²) >= 11 is 1.60. The Bertz CT molecular complexity index is 783. The molecule has 0 amide bonds. The van der Waals surface area contributed by atoms with Crippen LogP contribution in [0.2, 0.25) is 0 Å². The predicted molar refractivity (Wildman–Crippen MR) is 110 cm³/mol. The van der Waals surface area contributed by atoms with Crippen molar-refractivity contribution in [1.29, 1.82) is 0 Å². The van der Waals surface area contributed by atoms with Gasteiger partial charge in [-0.15, -0.1) is 0 Å². The normalized spacial score (nSPS) is 11.7. The minimum absolute atomic E-state index is 0.0502. The Morgan fingerprint density at radius 3 is 2.26 bits per heavy atom. The predicted octanol–water partition coefficient (Wildman–Crippen LogP) is 4.75. The number of carbonyl (C=O) groups is 2. The van der Waals surface area contributed by atoms with Crippen LogP contribution in [0.5, 0.6) is 5.75 Å². The zero-order chi connectivity index (χ0) is 19.8. The number of carbonyl (C=O) groups excluding carboxylic acids is 2. The van der Waals surface area contributed by atoms with E-state index in [-0.39, 0.29) is 23.4 Å². The Morgan fingerprint density at radius 2 is 1.67 bits per heavy atom. The van der Waals surface area contributed by atoms with Crippen molar-refractivity contribution in [2.24, 2.45) is 0 Å². The summed E-state index contributed by atoms with van der Waals surface area (Å²) in [4.78, 5) is 24.5. The van der Waals surface area contributed by atoms with Crippen LogP contribution >= 0.6 is 11.8 Å². The molecule has 0 aromatic heterocycles. The van der Waals surface area contributed by atoms with E-state index in [4.69, 9.17) is 9.47 Å². The summed E-state index contributed by atoms with van der Waals surface area (Å²) in [6, 6.07) is 13.5. The van der Waals surface area contributed by atoms with Crippen LogP contribution in [-0.4, -0.2) is 31.2 Å². The molecule has 0 aliphatic heterocycles. The second kappa shape index (κ2) is 10.2. The number of aryl methyl sites for hydroxylation is 2. The van der Waals surface area contributed by atoms with Gasteiger partial charge in [-0.25, -0.2) is 0 Å². The van der Waals surface area contributed by atoms with E-state index in [0.717, 1.165) is 22.4 Å². The van der Waals surface area contributed by atoms with Gasteiger partial charge in [0.2, 0.25) is 0 Å². The smallest absolute Gasteiger partial charge is 0.306 e. The molecule has 2 rings (SSSR count). The molecule has 1 atom stereocenters. The quantitative estimate of drug-likeness (QED) is 0.460. The van der Waals surface area contributed by atoms with Crippen LogP contribution < -0.4 is 4.74 Å². The molecule has 27 heavy (non-hydrogen) atoms. The molecule has 4 nitrogen and oxygen atoms in total. The van der Waals surface area contributed by atoms with Crippen LogP contribution in [0, 0.1) is 13.8 Å². The SMILES string of the molecule is COC(=O)CC(CC(=O)c1ccc(C)c(C)c1)SCc1ccc(OC)cc1. The summed E-state index contributed by atoms with van der Waals surface area (Å²) in [6.45, 7) is 4.02. The molecular formula is C22H26O4S. The van der Waals surface area contributed by atoms with Crippen molar-refractivity contribution in [3.63, 3.8) is 0 Å². The lowest BCUT2D eigenvalue weighted by molar-refractivity contribution is -0.140. The Morgan fingerprint density at radius 1 is 0.963 bits per heavy atom. The Labute approximate surface area is 165 Å². The van der Waals surface area contributed by atoms with Crippen molar-refractivity contribution in [3.8, 4) is 5.75 Å². The molecule has 2 aromatic carbocycles. The maximum Gasteiger partial charge on any atom is 0.306 e. The van der Waals surface area contributed by atoms with Crippen molar-refractivity contribution in [2.45, 2.75) is 37.7 Å². The van der Waals surface area contributed by atoms with Gasteiger partial charge in [-0.1, -0.05) is 24.3 Å². The van der Waals surface area contributed by atoms with Crippen LogP contribution in [0.3, 0.4) is 0 Å². The first-order valence-corrected chi connectivity index (χ1v) is 9.89. The van der Waals surface area contributed by atoms with Gasteiger partial charge >= 0.3 is 5.97 Å². The molecule has 2 aromatic rings. The van der Waals surface area contributed by atoms with Crippen LogP contribution in [0.25, 0.3) is 0 Å². The molecule has 0 fully saturated rings. The van der Waals surface area contributed by atoms with Gasteiger partial charge in [0, 0.05) is 23.0 Å². The molecule has 0 saturated heterocycles. The summed E-state index contributed by atoms with van der Waals surface area (Å²) in [5.74, 6) is 1.27. The van der Waals surface area contributed by atoms with Crippen molar-refractivity contribution < 1.29 is 19.1 Å². The number of hydrogen-bond donors (Lipinski definition) is 0. The van der Waals surface area contributed by atoms with Gasteiger partial charge in [0.15, 0.2) is 5.78 Å². The van der Waals surface area contributed by atoms with Crippen LogP contribution in [0.1, 0.15) is 39.9 Å². The highest BCUT2D eigenvalue weighted by atomic mass is 32.2. The second-order valence-electron chi connectivity index (χ2n) is 6.49. The lowest BCUT2D eigenvalue weighted by Gasteiger charge is -2.15. The largest absolute Gasteiger partial charge is 0.497 e. The van der Waals surface area contributed by atoms with Gasteiger partial charge < -0.3 is 9.47 Å². The molecule has 0 aliphatic carbocycles. The van der Waals surface area contributed by atoms with Crippen molar-refractivity contribution in [2.75, 3.05) is 14.2 Å². The van der Waals surface area contributed by atoms with Crippen molar-refractivity contribution in [3.05, 3.63) is 64.7 Å². The number of rotatable bonds is 9. The molecule has 0 N–H and O–H groups in total. The van der Waals surface area contributed by atoms with Crippen LogP contribution in [0.4, 0.5) is 0 Å². The average Bonchev–Trinajstić information content (AvgIpc) is 2.68. The highest BCUT2D eigenvalue weighted by molar-refractivity contribution is 7.99. The standard InChI is InChI=1S/C22H26O4S/c1-15-5-8-18(11-16(15)2)21(23)12-20(13-22(24)26-4)27-14-17-6-9-19(25-3)10-7-17/h5-11,20H,12-14H2,1-4H3. The number of benzene rings is 2. The summed E-state index contributed by atoms with van der Waals surface area (Å²) in [7, 11) is 3.01. The monoisotopic (exact) mass is 386 g/mol. The van der Waals surface area contributed by atoms with Gasteiger partial charge in [-0.05, 0) is 48.7 Å². The van der Waals surface area contributed by atoms with E-state index in [9.17, 15) is 9.59 Å². The van der Waals surface area contributed by atoms with E-state index < -0.39 is 0 Å². The van der Waals surface area contributed by atoms with E-state index in [0.29, 0.717) is 17.7 Å². The number of ether oxygens (including phenoxy) is 2. The zero-order valence-corrected chi connectivity index (χ0v) is 17.1. The van der Waals surface area contributed by atoms with Crippen LogP contribution in [0.15, 0.2) is 42.5 Å². The van der Waals surface area contributed by atoms with E-state index >= 15 is 0 Å². The second-order valence-corrected chi connectivity index (χ2v) is 7.78. The molecule has 0 saturated carbocycles. The van der Waals surface area contributed by atoms with Crippen molar-refractivity contribution in [1.82, 2.24) is 0 Å². The highest BCUT2D eigenvalue weighted by Gasteiger charge is 2.20. The first-order valence-electron chi connectivity index (χ1n) is 8.84. The lowest BCUT2D eigenvalue weighted by atomic mass is 10.0. The van der Waals surface area contributed by atoms with Gasteiger partial charge in [-0.2, -0.15) is 11.8 Å². The third-order valence-electron chi connectivity index (χ3n) is 4.51. The number of ketones is 1. The number of hydrogen-bond acceptors (Lipinski definition) is 5. The summed E-state index contributed by atoms with van der Waals surface area (Å²) < 4.78 is 9.97. The number of methoxy groups -OCH3 is 2. The third kappa shape index (κ3) is 6.43. The van der Waals surface area contributed by atoms with Crippen LogP contribution in [-0.2, 0) is 15.3 Å². The lowest BCUT2D eigenvalue weighted by Crippen LogP contribution is -2.17. The summed E-state index contributed by atoms with van der Waals surface area (Å²) in [6.07, 6.45) is 0.520. The van der Waals surface area contributed by atoms with Gasteiger partial charge in [0.1, 0.15) is 5.75 Å². The Hall–Kier alpha value is -2.27. The maximum atomic E-state index is 12.7. The topological polar surface area (TPSA) is 52.6 Å². The first kappa shape index (κ1) is 21.0. The Balaban J connectivity index is 2.04. The van der Waals surface area contributed by atoms with Crippen molar-refractivity contribution >= 4 is 23.5 Å². The Kier molecular flexibility index (Phi) is 7.92. The summed E-state index contributed by atoms with van der Waals surface area (Å²) in [5, 5.41) is -0.131. The zero-order valence-electron chi connectivity index (χ0n) is 16.3. The van der Waals surface area contributed by atoms with Gasteiger partial charge in [0.25, 0.3) is 0 Å². The molecule has 0 heterocycles. The number of thioether (sulfide) groups is 1. The number of Topliss-reactive ketones (excluding diaryl/α,β-unsaturated/α-hetero) is 1. The van der Waals surface area contributed by atoms with Gasteiger partial charge in [-0.3, -0.25) is 9.59 Å². The van der Waals surface area contributed by atoms with E-state index in [1.807, 2.05) is 56.3 Å². The number of esters is 1. The molecule has 0 aliphatic rings. The van der Waals surface area contributed by atoms with E-state index in [1.165, 1.54) is 7.11 Å². The molecule has 144 valence electrons. The minimum atomic E-state index is -0.296. The molecule has 1 unspecified atom stereocenters. The third-order valence-corrected chi connectivity index (χ3v) is 5.81. The molecule has 0 radical (unpaired) electrons. The fourth-order valence-corrected chi connectivity index (χ4v) is 3.78. The molecule has 0 bridgehead atoms.